The van der Waals surface area contributed by atoms with Gasteiger partial charge in [-0.2, -0.15) is 0 Å². The number of ether oxygens (including phenoxy) is 2. The van der Waals surface area contributed by atoms with Crippen LogP contribution in [0, 0.1) is 5.92 Å². The molecule has 0 aromatic heterocycles. The van der Waals surface area contributed by atoms with Crippen LogP contribution < -0.4 is 9.47 Å². The maximum Gasteiger partial charge on any atom is 0.162 e. The fraction of sp³-hybridized carbons (Fsp3) is 0.455. The zero-order chi connectivity index (χ0) is 10.6. The number of hydrogen-bond donors (Lipinski definition) is 0. The van der Waals surface area contributed by atoms with Crippen LogP contribution in [0.4, 0.5) is 0 Å². The normalized spacial score (nSPS) is 10.4. The molecule has 1 aromatic rings. The Morgan fingerprint density at radius 1 is 1.29 bits per heavy atom. The first-order chi connectivity index (χ1) is 6.63. The van der Waals surface area contributed by atoms with E-state index in [1.165, 1.54) is 0 Å². The molecule has 14 heavy (non-hydrogen) atoms. The first-order valence-electron chi connectivity index (χ1n) is 4.60. The molecule has 0 spiro atoms. The Kier molecular flexibility index (Phi) is 4.08. The first kappa shape index (κ1) is 11.2. The zero-order valence-electron chi connectivity index (χ0n) is 8.71. The molecule has 1 rings (SSSR count). The van der Waals surface area contributed by atoms with Gasteiger partial charge in [-0.3, -0.25) is 0 Å². The van der Waals surface area contributed by atoms with Gasteiger partial charge in [0.1, 0.15) is 0 Å². The minimum Gasteiger partial charge on any atom is -0.493 e. The van der Waals surface area contributed by atoms with Crippen molar-refractivity contribution in [1.82, 2.24) is 0 Å². The van der Waals surface area contributed by atoms with Crippen LogP contribution in [0.1, 0.15) is 13.8 Å². The third kappa shape index (κ3) is 3.11. The van der Waals surface area contributed by atoms with E-state index in [1.54, 1.807) is 19.2 Å². The van der Waals surface area contributed by atoms with Gasteiger partial charge in [-0.1, -0.05) is 25.4 Å². The number of rotatable bonds is 4. The van der Waals surface area contributed by atoms with E-state index in [0.717, 1.165) is 5.75 Å². The fourth-order valence-corrected chi connectivity index (χ4v) is 1.18. The summed E-state index contributed by atoms with van der Waals surface area (Å²) < 4.78 is 10.7. The molecule has 0 atom stereocenters. The van der Waals surface area contributed by atoms with E-state index in [0.29, 0.717) is 23.3 Å². The Morgan fingerprint density at radius 2 is 2.00 bits per heavy atom. The lowest BCUT2D eigenvalue weighted by atomic mass is 10.2. The molecule has 0 radical (unpaired) electrons. The van der Waals surface area contributed by atoms with Crippen LogP contribution in [0.2, 0.25) is 5.02 Å². The maximum absolute atomic E-state index is 5.82. The molecule has 2 nitrogen and oxygen atoms in total. The maximum atomic E-state index is 5.82. The Labute approximate surface area is 89.8 Å². The van der Waals surface area contributed by atoms with Crippen molar-refractivity contribution in [2.75, 3.05) is 13.7 Å². The molecule has 1 aromatic carbocycles. The first-order valence-corrected chi connectivity index (χ1v) is 4.97. The molecule has 0 saturated heterocycles. The number of methoxy groups -OCH3 is 1. The lowest BCUT2D eigenvalue weighted by Crippen LogP contribution is -2.05. The van der Waals surface area contributed by atoms with Gasteiger partial charge in [-0.05, 0) is 18.1 Å². The molecule has 78 valence electrons. The van der Waals surface area contributed by atoms with E-state index in [-0.39, 0.29) is 0 Å². The summed E-state index contributed by atoms with van der Waals surface area (Å²) in [5.41, 5.74) is 0. The Hall–Kier alpha value is -0.890. The van der Waals surface area contributed by atoms with Crippen molar-refractivity contribution in [2.45, 2.75) is 13.8 Å². The Balaban J connectivity index is 2.75. The van der Waals surface area contributed by atoms with Crippen LogP contribution in [0.25, 0.3) is 0 Å². The summed E-state index contributed by atoms with van der Waals surface area (Å²) in [6, 6.07) is 5.36. The number of halogens is 1. The van der Waals surface area contributed by atoms with E-state index < -0.39 is 0 Å². The number of hydrogen-bond acceptors (Lipinski definition) is 2. The molecule has 0 amide bonds. The van der Waals surface area contributed by atoms with Crippen molar-refractivity contribution in [3.05, 3.63) is 23.2 Å². The lowest BCUT2D eigenvalue weighted by molar-refractivity contribution is 0.257. The second-order valence-corrected chi connectivity index (χ2v) is 3.94. The smallest absolute Gasteiger partial charge is 0.162 e. The van der Waals surface area contributed by atoms with E-state index in [2.05, 4.69) is 13.8 Å². The summed E-state index contributed by atoms with van der Waals surface area (Å²) in [5.74, 6) is 1.92. The SMILES string of the molecule is COc1cc(Cl)ccc1OCC(C)C. The molecule has 0 heterocycles. The second-order valence-electron chi connectivity index (χ2n) is 3.50. The molecule has 0 aliphatic rings. The van der Waals surface area contributed by atoms with Crippen molar-refractivity contribution in [1.29, 1.82) is 0 Å². The summed E-state index contributed by atoms with van der Waals surface area (Å²) in [6.07, 6.45) is 0. The highest BCUT2D eigenvalue weighted by Gasteiger charge is 2.05. The van der Waals surface area contributed by atoms with Crippen LogP contribution in [-0.2, 0) is 0 Å². The molecule has 0 saturated carbocycles. The average Bonchev–Trinajstić information content (AvgIpc) is 2.15. The minimum atomic E-state index is 0.496. The van der Waals surface area contributed by atoms with Crippen molar-refractivity contribution in [2.24, 2.45) is 5.92 Å². The third-order valence-corrected chi connectivity index (χ3v) is 1.93. The van der Waals surface area contributed by atoms with E-state index in [4.69, 9.17) is 21.1 Å². The van der Waals surface area contributed by atoms with Gasteiger partial charge in [0, 0.05) is 11.1 Å². The van der Waals surface area contributed by atoms with Gasteiger partial charge in [0.2, 0.25) is 0 Å². The second kappa shape index (κ2) is 5.11. The minimum absolute atomic E-state index is 0.496. The highest BCUT2D eigenvalue weighted by atomic mass is 35.5. The van der Waals surface area contributed by atoms with E-state index in [1.807, 2.05) is 6.07 Å². The quantitative estimate of drug-likeness (QED) is 0.765. The monoisotopic (exact) mass is 214 g/mol. The van der Waals surface area contributed by atoms with Crippen molar-refractivity contribution in [3.8, 4) is 11.5 Å². The van der Waals surface area contributed by atoms with Crippen molar-refractivity contribution < 1.29 is 9.47 Å². The largest absolute Gasteiger partial charge is 0.493 e. The highest BCUT2D eigenvalue weighted by molar-refractivity contribution is 6.30. The standard InChI is InChI=1S/C11H15ClO2/c1-8(2)7-14-10-5-4-9(12)6-11(10)13-3/h4-6,8H,7H2,1-3H3. The molecule has 0 N–H and O–H groups in total. The van der Waals surface area contributed by atoms with Gasteiger partial charge in [0.15, 0.2) is 11.5 Å². The van der Waals surface area contributed by atoms with Crippen LogP contribution in [-0.4, -0.2) is 13.7 Å². The highest BCUT2D eigenvalue weighted by Crippen LogP contribution is 2.30. The molecular weight excluding hydrogens is 200 g/mol. The van der Waals surface area contributed by atoms with Crippen LogP contribution in [0.5, 0.6) is 11.5 Å². The fourth-order valence-electron chi connectivity index (χ4n) is 1.02. The molecule has 0 aliphatic heterocycles. The molecule has 0 fully saturated rings. The predicted octanol–water partition coefficient (Wildman–Crippen LogP) is 3.38. The third-order valence-electron chi connectivity index (χ3n) is 1.70. The Bertz CT molecular complexity index is 297. The summed E-state index contributed by atoms with van der Waals surface area (Å²) in [4.78, 5) is 0. The van der Waals surface area contributed by atoms with Crippen LogP contribution in [0.3, 0.4) is 0 Å². The summed E-state index contributed by atoms with van der Waals surface area (Å²) in [5, 5.41) is 0.652. The molecular formula is C11H15ClO2. The lowest BCUT2D eigenvalue weighted by Gasteiger charge is -2.12. The van der Waals surface area contributed by atoms with Gasteiger partial charge in [-0.15, -0.1) is 0 Å². The van der Waals surface area contributed by atoms with Gasteiger partial charge in [0.05, 0.1) is 13.7 Å². The topological polar surface area (TPSA) is 18.5 Å². The van der Waals surface area contributed by atoms with Crippen LogP contribution >= 0.6 is 11.6 Å². The Morgan fingerprint density at radius 3 is 2.57 bits per heavy atom. The van der Waals surface area contributed by atoms with E-state index >= 15 is 0 Å². The van der Waals surface area contributed by atoms with Crippen LogP contribution in [0.15, 0.2) is 18.2 Å². The van der Waals surface area contributed by atoms with Crippen molar-refractivity contribution in [3.63, 3.8) is 0 Å². The molecule has 3 heteroatoms. The van der Waals surface area contributed by atoms with Gasteiger partial charge in [0.25, 0.3) is 0 Å². The molecule has 0 bridgehead atoms. The van der Waals surface area contributed by atoms with Gasteiger partial charge < -0.3 is 9.47 Å². The zero-order valence-corrected chi connectivity index (χ0v) is 9.47. The van der Waals surface area contributed by atoms with Crippen molar-refractivity contribution >= 4 is 11.6 Å². The summed E-state index contributed by atoms with van der Waals surface area (Å²) in [7, 11) is 1.61. The molecule has 0 aliphatic carbocycles. The molecule has 0 unspecified atom stereocenters. The van der Waals surface area contributed by atoms with Gasteiger partial charge in [-0.25, -0.2) is 0 Å². The summed E-state index contributed by atoms with van der Waals surface area (Å²) >= 11 is 5.82. The average molecular weight is 215 g/mol. The summed E-state index contributed by atoms with van der Waals surface area (Å²) in [6.45, 7) is 4.88. The van der Waals surface area contributed by atoms with Gasteiger partial charge >= 0.3 is 0 Å². The van der Waals surface area contributed by atoms with E-state index in [9.17, 15) is 0 Å². The number of benzene rings is 1. The predicted molar refractivity (Wildman–Crippen MR) is 58.3 cm³/mol.